The molecule has 0 saturated carbocycles. The highest BCUT2D eigenvalue weighted by Gasteiger charge is 1.93. The first-order valence-electron chi connectivity index (χ1n) is 9.04. The molecule has 0 aliphatic heterocycles. The average Bonchev–Trinajstić information content (AvgIpc) is 2.65. The van der Waals surface area contributed by atoms with Gasteiger partial charge in [-0.3, -0.25) is 0 Å². The SMILES string of the molecule is CCCc1ccc(C=N/N=C(\N)NN=Cc2ccc(CCC)cc2)cc1. The molecule has 0 unspecified atom stereocenters. The number of aryl methyl sites for hydroxylation is 2. The van der Waals surface area contributed by atoms with Crippen LogP contribution in [0.1, 0.15) is 48.9 Å². The molecular weight excluding hydrogens is 322 g/mol. The molecule has 0 heterocycles. The molecule has 0 aliphatic rings. The summed E-state index contributed by atoms with van der Waals surface area (Å²) >= 11 is 0. The van der Waals surface area contributed by atoms with E-state index in [2.05, 4.69) is 58.8 Å². The molecule has 0 bridgehead atoms. The van der Waals surface area contributed by atoms with Crippen LogP contribution in [0.4, 0.5) is 0 Å². The Morgan fingerprint density at radius 3 is 1.85 bits per heavy atom. The summed E-state index contributed by atoms with van der Waals surface area (Å²) in [5, 5.41) is 11.9. The quantitative estimate of drug-likeness (QED) is 0.431. The van der Waals surface area contributed by atoms with E-state index in [4.69, 9.17) is 5.73 Å². The fraction of sp³-hybridized carbons (Fsp3) is 0.286. The van der Waals surface area contributed by atoms with Crippen molar-refractivity contribution in [2.24, 2.45) is 21.0 Å². The Morgan fingerprint density at radius 1 is 0.846 bits per heavy atom. The van der Waals surface area contributed by atoms with Crippen LogP contribution < -0.4 is 11.2 Å². The topological polar surface area (TPSA) is 75.1 Å². The molecule has 0 spiro atoms. The van der Waals surface area contributed by atoms with Gasteiger partial charge in [-0.1, -0.05) is 75.2 Å². The van der Waals surface area contributed by atoms with Crippen molar-refractivity contribution in [1.82, 2.24) is 5.43 Å². The van der Waals surface area contributed by atoms with E-state index in [0.717, 1.165) is 36.8 Å². The standard InChI is InChI=1S/C21H27N5/c1-3-5-17-7-11-19(12-8-17)15-23-25-21(22)26-24-16-20-13-9-18(6-4-2)10-14-20/h7-16H,3-6H2,1-2H3,(H3,22,25,26). The fourth-order valence-corrected chi connectivity index (χ4v) is 2.47. The molecule has 2 aromatic rings. The normalized spacial score (nSPS) is 12.2. The van der Waals surface area contributed by atoms with Gasteiger partial charge in [0.25, 0.3) is 0 Å². The molecule has 26 heavy (non-hydrogen) atoms. The van der Waals surface area contributed by atoms with E-state index < -0.39 is 0 Å². The summed E-state index contributed by atoms with van der Waals surface area (Å²) in [5.74, 6) is 0.141. The third-order valence-corrected chi connectivity index (χ3v) is 3.80. The second kappa shape index (κ2) is 10.8. The maximum Gasteiger partial charge on any atom is 0.234 e. The summed E-state index contributed by atoms with van der Waals surface area (Å²) in [6.45, 7) is 4.34. The van der Waals surface area contributed by atoms with Gasteiger partial charge in [0.1, 0.15) is 0 Å². The first-order chi connectivity index (χ1) is 12.7. The van der Waals surface area contributed by atoms with Gasteiger partial charge < -0.3 is 5.73 Å². The third-order valence-electron chi connectivity index (χ3n) is 3.80. The Hall–Kier alpha value is -2.95. The van der Waals surface area contributed by atoms with Crippen LogP contribution in [0, 0.1) is 0 Å². The van der Waals surface area contributed by atoms with E-state index in [1.54, 1.807) is 12.4 Å². The van der Waals surface area contributed by atoms with Crippen molar-refractivity contribution in [2.75, 3.05) is 0 Å². The molecule has 5 heteroatoms. The predicted octanol–water partition coefficient (Wildman–Crippen LogP) is 3.86. The van der Waals surface area contributed by atoms with E-state index >= 15 is 0 Å². The molecule has 0 atom stereocenters. The number of nitrogens with zero attached hydrogens (tertiary/aromatic N) is 3. The molecule has 0 radical (unpaired) electrons. The minimum Gasteiger partial charge on any atom is -0.367 e. The van der Waals surface area contributed by atoms with Crippen molar-refractivity contribution in [2.45, 2.75) is 39.5 Å². The van der Waals surface area contributed by atoms with Crippen LogP contribution in [-0.2, 0) is 12.8 Å². The zero-order chi connectivity index (χ0) is 18.6. The van der Waals surface area contributed by atoms with Crippen molar-refractivity contribution in [3.63, 3.8) is 0 Å². The highest BCUT2D eigenvalue weighted by Crippen LogP contribution is 2.06. The van der Waals surface area contributed by atoms with Gasteiger partial charge in [0.2, 0.25) is 5.96 Å². The predicted molar refractivity (Wildman–Crippen MR) is 111 cm³/mol. The molecule has 136 valence electrons. The third kappa shape index (κ3) is 6.89. The summed E-state index contributed by atoms with van der Waals surface area (Å²) in [5.41, 5.74) is 13.0. The number of hydrogen-bond acceptors (Lipinski definition) is 3. The maximum atomic E-state index is 5.74. The fourth-order valence-electron chi connectivity index (χ4n) is 2.47. The van der Waals surface area contributed by atoms with Crippen LogP contribution in [0.3, 0.4) is 0 Å². The molecular formula is C21H27N5. The van der Waals surface area contributed by atoms with Crippen molar-refractivity contribution in [3.8, 4) is 0 Å². The van der Waals surface area contributed by atoms with Gasteiger partial charge >= 0.3 is 0 Å². The van der Waals surface area contributed by atoms with Crippen molar-refractivity contribution in [1.29, 1.82) is 0 Å². The van der Waals surface area contributed by atoms with Gasteiger partial charge in [0.15, 0.2) is 0 Å². The Balaban J connectivity index is 1.83. The molecule has 0 fully saturated rings. The molecule has 5 nitrogen and oxygen atoms in total. The van der Waals surface area contributed by atoms with Gasteiger partial charge in [-0.15, -0.1) is 5.10 Å². The zero-order valence-electron chi connectivity index (χ0n) is 15.5. The van der Waals surface area contributed by atoms with Gasteiger partial charge in [-0.05, 0) is 35.1 Å². The molecule has 0 saturated heterocycles. The number of nitrogens with one attached hydrogen (secondary N) is 1. The number of hydrogen-bond donors (Lipinski definition) is 2. The van der Waals surface area contributed by atoms with Gasteiger partial charge in [-0.2, -0.15) is 10.2 Å². The maximum absolute atomic E-state index is 5.74. The van der Waals surface area contributed by atoms with Crippen molar-refractivity contribution in [3.05, 3.63) is 70.8 Å². The second-order valence-electron chi connectivity index (χ2n) is 6.08. The Bertz CT molecular complexity index is 743. The van der Waals surface area contributed by atoms with Crippen LogP contribution in [0.15, 0.2) is 63.8 Å². The number of guanidine groups is 1. The first kappa shape index (κ1) is 19.4. The molecule has 0 aliphatic carbocycles. The summed E-state index contributed by atoms with van der Waals surface area (Å²) in [6, 6.07) is 16.5. The average molecular weight is 349 g/mol. The van der Waals surface area contributed by atoms with E-state index in [9.17, 15) is 0 Å². The second-order valence-corrected chi connectivity index (χ2v) is 6.08. The highest BCUT2D eigenvalue weighted by atomic mass is 15.4. The minimum atomic E-state index is 0.141. The monoisotopic (exact) mass is 349 g/mol. The number of nitrogens with two attached hydrogens (primary N) is 1. The van der Waals surface area contributed by atoms with Crippen molar-refractivity contribution >= 4 is 18.4 Å². The van der Waals surface area contributed by atoms with Gasteiger partial charge in [-0.25, -0.2) is 5.43 Å². The number of rotatable bonds is 8. The van der Waals surface area contributed by atoms with Gasteiger partial charge in [0, 0.05) is 0 Å². The summed E-state index contributed by atoms with van der Waals surface area (Å²) in [4.78, 5) is 0. The summed E-state index contributed by atoms with van der Waals surface area (Å²) < 4.78 is 0. The van der Waals surface area contributed by atoms with Crippen LogP contribution in [-0.4, -0.2) is 18.4 Å². The lowest BCUT2D eigenvalue weighted by atomic mass is 10.1. The minimum absolute atomic E-state index is 0.141. The zero-order valence-corrected chi connectivity index (χ0v) is 15.5. The van der Waals surface area contributed by atoms with Crippen molar-refractivity contribution < 1.29 is 0 Å². The van der Waals surface area contributed by atoms with E-state index in [1.807, 2.05) is 24.3 Å². The van der Waals surface area contributed by atoms with E-state index in [0.29, 0.717) is 0 Å². The van der Waals surface area contributed by atoms with Crippen LogP contribution in [0.2, 0.25) is 0 Å². The summed E-state index contributed by atoms with van der Waals surface area (Å²) in [7, 11) is 0. The van der Waals surface area contributed by atoms with E-state index in [1.165, 1.54) is 11.1 Å². The highest BCUT2D eigenvalue weighted by molar-refractivity contribution is 5.84. The smallest absolute Gasteiger partial charge is 0.234 e. The van der Waals surface area contributed by atoms with Crippen LogP contribution >= 0.6 is 0 Å². The Labute approximate surface area is 155 Å². The summed E-state index contributed by atoms with van der Waals surface area (Å²) in [6.07, 6.45) is 7.84. The number of benzene rings is 2. The first-order valence-corrected chi connectivity index (χ1v) is 9.04. The molecule has 0 amide bonds. The molecule has 0 aromatic heterocycles. The largest absolute Gasteiger partial charge is 0.367 e. The lowest BCUT2D eigenvalue weighted by Crippen LogP contribution is -2.26. The molecule has 2 aromatic carbocycles. The number of hydrazone groups is 1. The van der Waals surface area contributed by atoms with Crippen LogP contribution in [0.25, 0.3) is 0 Å². The van der Waals surface area contributed by atoms with E-state index in [-0.39, 0.29) is 5.96 Å². The molecule has 3 N–H and O–H groups in total. The van der Waals surface area contributed by atoms with Crippen LogP contribution in [0.5, 0.6) is 0 Å². The molecule has 2 rings (SSSR count). The lowest BCUT2D eigenvalue weighted by Gasteiger charge is -1.99. The Kier molecular flexibility index (Phi) is 8.06. The Morgan fingerprint density at radius 2 is 1.35 bits per heavy atom. The lowest BCUT2D eigenvalue weighted by molar-refractivity contribution is 0.922. The van der Waals surface area contributed by atoms with Gasteiger partial charge in [0.05, 0.1) is 12.4 Å².